The van der Waals surface area contributed by atoms with Gasteiger partial charge in [-0.3, -0.25) is 4.79 Å². The molecule has 0 N–H and O–H groups in total. The average molecular weight is 531 g/mol. The van der Waals surface area contributed by atoms with Crippen LogP contribution in [0.25, 0.3) is 0 Å². The fraction of sp³-hybridized carbons (Fsp3) is 0.692. The number of fused-ring (bicyclic) bond motifs is 3. The number of pyridine rings is 1. The van der Waals surface area contributed by atoms with Gasteiger partial charge in [0.15, 0.2) is 5.82 Å². The van der Waals surface area contributed by atoms with Crippen LogP contribution >= 0.6 is 15.9 Å². The molecule has 182 valence electrons. The molecular formula is C26H32BrFN4O2. The van der Waals surface area contributed by atoms with Crippen molar-refractivity contribution in [1.29, 1.82) is 0 Å². The Morgan fingerprint density at radius 2 is 1.79 bits per heavy atom. The number of amides is 1. The zero-order valence-electron chi connectivity index (χ0n) is 20.2. The van der Waals surface area contributed by atoms with Crippen molar-refractivity contribution >= 4 is 27.5 Å². The van der Waals surface area contributed by atoms with E-state index in [-0.39, 0.29) is 22.2 Å². The zero-order chi connectivity index (χ0) is 24.0. The van der Waals surface area contributed by atoms with Crippen LogP contribution in [0.4, 0.5) is 10.1 Å². The zero-order valence-corrected chi connectivity index (χ0v) is 21.8. The molecule has 6 aliphatic carbocycles. The van der Waals surface area contributed by atoms with Gasteiger partial charge in [-0.05, 0) is 91.3 Å². The van der Waals surface area contributed by atoms with Gasteiger partial charge in [-0.1, -0.05) is 25.9 Å². The Balaban J connectivity index is 1.23. The van der Waals surface area contributed by atoms with Crippen molar-refractivity contribution in [3.8, 4) is 0 Å². The third-order valence-electron chi connectivity index (χ3n) is 9.12. The summed E-state index contributed by atoms with van der Waals surface area (Å²) in [7, 11) is 0. The van der Waals surface area contributed by atoms with E-state index in [2.05, 4.69) is 46.8 Å². The van der Waals surface area contributed by atoms with Gasteiger partial charge in [0.05, 0.1) is 5.41 Å². The lowest BCUT2D eigenvalue weighted by atomic mass is 9.41. The van der Waals surface area contributed by atoms with Crippen LogP contribution in [0.5, 0.6) is 0 Å². The summed E-state index contributed by atoms with van der Waals surface area (Å²) in [5.41, 5.74) is -0.839. The molecular weight excluding hydrogens is 499 g/mol. The van der Waals surface area contributed by atoms with Crippen molar-refractivity contribution in [2.45, 2.75) is 95.1 Å². The quantitative estimate of drug-likeness (QED) is 0.440. The van der Waals surface area contributed by atoms with Crippen molar-refractivity contribution in [2.75, 3.05) is 11.4 Å². The van der Waals surface area contributed by atoms with Crippen LogP contribution in [0, 0.1) is 10.8 Å². The van der Waals surface area contributed by atoms with Crippen LogP contribution in [-0.2, 0) is 15.6 Å². The monoisotopic (exact) mass is 530 g/mol. The van der Waals surface area contributed by atoms with Gasteiger partial charge in [-0.25, -0.2) is 9.37 Å². The molecule has 0 aliphatic heterocycles. The molecule has 0 saturated heterocycles. The minimum atomic E-state index is -1.09. The minimum Gasteiger partial charge on any atom is -0.339 e. The summed E-state index contributed by atoms with van der Waals surface area (Å²) < 4.78 is 20.6. The Bertz CT molecular complexity index is 1110. The second-order valence-electron chi connectivity index (χ2n) is 12.6. The second-order valence-corrected chi connectivity index (χ2v) is 13.5. The molecule has 0 aromatic carbocycles. The highest BCUT2D eigenvalue weighted by Gasteiger charge is 2.73. The molecule has 2 aromatic rings. The maximum absolute atomic E-state index is 14.3. The third kappa shape index (κ3) is 3.38. The molecule has 4 bridgehead atoms. The molecule has 2 aromatic heterocycles. The van der Waals surface area contributed by atoms with Gasteiger partial charge >= 0.3 is 0 Å². The first kappa shape index (κ1) is 22.6. The maximum Gasteiger partial charge on any atom is 0.233 e. The van der Waals surface area contributed by atoms with Gasteiger partial charge in [0, 0.05) is 29.3 Å². The molecule has 6 saturated carbocycles. The molecule has 6 fully saturated rings. The van der Waals surface area contributed by atoms with Crippen molar-refractivity contribution in [3.05, 3.63) is 34.6 Å². The van der Waals surface area contributed by atoms with Gasteiger partial charge in [0.1, 0.15) is 10.3 Å². The summed E-state index contributed by atoms with van der Waals surface area (Å²) >= 11 is 3.46. The molecule has 8 heteroatoms. The van der Waals surface area contributed by atoms with E-state index in [0.29, 0.717) is 36.3 Å². The number of nitrogens with zero attached hydrogens (tertiary/aromatic N) is 4. The Kier molecular flexibility index (Phi) is 4.73. The highest BCUT2D eigenvalue weighted by Crippen LogP contribution is 2.70. The molecule has 8 rings (SSSR count). The molecule has 34 heavy (non-hydrogen) atoms. The summed E-state index contributed by atoms with van der Waals surface area (Å²) in [5.74, 6) is 1.65. The van der Waals surface area contributed by atoms with Gasteiger partial charge in [0.2, 0.25) is 11.8 Å². The average Bonchev–Trinajstić information content (AvgIpc) is 3.27. The van der Waals surface area contributed by atoms with E-state index in [1.54, 1.807) is 6.20 Å². The van der Waals surface area contributed by atoms with E-state index in [0.717, 1.165) is 50.0 Å². The number of alkyl halides is 1. The first-order valence-electron chi connectivity index (χ1n) is 12.4. The van der Waals surface area contributed by atoms with E-state index in [1.165, 1.54) is 0 Å². The fourth-order valence-corrected chi connectivity index (χ4v) is 7.29. The fourth-order valence-electron chi connectivity index (χ4n) is 6.93. The number of rotatable bonds is 5. The predicted molar refractivity (Wildman–Crippen MR) is 129 cm³/mol. The number of aromatic nitrogens is 3. The lowest BCUT2D eigenvalue weighted by molar-refractivity contribution is -0.211. The van der Waals surface area contributed by atoms with Crippen LogP contribution in [0.2, 0.25) is 0 Å². The number of carbonyl (C=O) groups is 1. The normalized spacial score (nSPS) is 36.0. The van der Waals surface area contributed by atoms with Crippen LogP contribution in [-0.4, -0.2) is 33.2 Å². The smallest absolute Gasteiger partial charge is 0.233 e. The van der Waals surface area contributed by atoms with E-state index in [1.807, 2.05) is 17.0 Å². The predicted octanol–water partition coefficient (Wildman–Crippen LogP) is 6.04. The summed E-state index contributed by atoms with van der Waals surface area (Å²) in [6.07, 6.45) is 8.99. The maximum atomic E-state index is 14.3. The largest absolute Gasteiger partial charge is 0.339 e. The first-order chi connectivity index (χ1) is 16.0. The molecule has 1 amide bonds. The second kappa shape index (κ2) is 7.11. The van der Waals surface area contributed by atoms with E-state index in [4.69, 9.17) is 9.51 Å². The Hall–Kier alpha value is -1.83. The molecule has 0 radical (unpaired) electrons. The van der Waals surface area contributed by atoms with Crippen molar-refractivity contribution in [3.63, 3.8) is 0 Å². The SMILES string of the molecule is CC(C)(C)c1nc(C23CCC(CN(C(=O)C45CC(F)(C4)C5)c4ccnc(Br)c4)(CC2)CC3)no1. The highest BCUT2D eigenvalue weighted by atomic mass is 79.9. The Labute approximate surface area is 208 Å². The summed E-state index contributed by atoms with van der Waals surface area (Å²) in [6, 6.07) is 3.81. The number of carbonyl (C=O) groups excluding carboxylic acids is 1. The van der Waals surface area contributed by atoms with Crippen molar-refractivity contribution in [2.24, 2.45) is 10.8 Å². The number of anilines is 1. The van der Waals surface area contributed by atoms with Crippen LogP contribution in [0.15, 0.2) is 27.5 Å². The van der Waals surface area contributed by atoms with Gasteiger partial charge in [0.25, 0.3) is 0 Å². The van der Waals surface area contributed by atoms with Crippen LogP contribution in [0.1, 0.15) is 90.3 Å². The Morgan fingerprint density at radius 3 is 2.32 bits per heavy atom. The highest BCUT2D eigenvalue weighted by molar-refractivity contribution is 9.10. The lowest BCUT2D eigenvalue weighted by Gasteiger charge is -2.65. The molecule has 0 spiro atoms. The standard InChI is InChI=1S/C26H32BrFN4O2/c1-22(2,3)20-30-19(31-34-20)24-8-5-23(6-9-24,7-10-24)16-32(17-4-11-29-18(27)12-17)21(33)25-13-26(28,14-25)15-25/h4,11-12H,5-10,13-16H2,1-3H3. The Morgan fingerprint density at radius 1 is 1.15 bits per heavy atom. The minimum absolute atomic E-state index is 0.0161. The molecule has 0 unspecified atom stereocenters. The molecule has 6 nitrogen and oxygen atoms in total. The first-order valence-corrected chi connectivity index (χ1v) is 13.2. The summed E-state index contributed by atoms with van der Waals surface area (Å²) in [4.78, 5) is 24.8. The lowest BCUT2D eigenvalue weighted by Crippen LogP contribution is -2.71. The summed E-state index contributed by atoms with van der Waals surface area (Å²) in [6.45, 7) is 6.95. The summed E-state index contributed by atoms with van der Waals surface area (Å²) in [5, 5.41) is 4.41. The molecule has 0 atom stereocenters. The molecule has 2 heterocycles. The van der Waals surface area contributed by atoms with E-state index >= 15 is 0 Å². The third-order valence-corrected chi connectivity index (χ3v) is 9.56. The number of hydrogen-bond donors (Lipinski definition) is 0. The van der Waals surface area contributed by atoms with Gasteiger partial charge in [-0.2, -0.15) is 4.98 Å². The van der Waals surface area contributed by atoms with Crippen molar-refractivity contribution < 1.29 is 13.7 Å². The van der Waals surface area contributed by atoms with Gasteiger partial charge < -0.3 is 9.42 Å². The van der Waals surface area contributed by atoms with E-state index < -0.39 is 11.1 Å². The van der Waals surface area contributed by atoms with Gasteiger partial charge in [-0.15, -0.1) is 0 Å². The van der Waals surface area contributed by atoms with Crippen molar-refractivity contribution in [1.82, 2.24) is 15.1 Å². The van der Waals surface area contributed by atoms with Crippen LogP contribution < -0.4 is 4.90 Å². The molecule has 6 aliphatic rings. The van der Waals surface area contributed by atoms with Crippen LogP contribution in [0.3, 0.4) is 0 Å². The number of hydrogen-bond acceptors (Lipinski definition) is 5. The number of halogens is 2. The topological polar surface area (TPSA) is 72.1 Å². The van der Waals surface area contributed by atoms with E-state index in [9.17, 15) is 9.18 Å².